The van der Waals surface area contributed by atoms with Crippen LogP contribution in [-0.2, 0) is 15.1 Å². The molecule has 4 amide bonds. The van der Waals surface area contributed by atoms with E-state index in [1.165, 1.54) is 17.9 Å². The fourth-order valence-corrected chi connectivity index (χ4v) is 3.69. The highest BCUT2D eigenvalue weighted by molar-refractivity contribution is 6.32. The number of amides is 4. The molecule has 29 heavy (non-hydrogen) atoms. The second kappa shape index (κ2) is 7.83. The standard InChI is InChI=1S/C21H21ClFN3O3/c1-13(14-7-5-4-6-8-14)25(3)18(27)12-26-19(28)21(2,24-20(26)29)16-10-9-15(23)11-17(16)22/h4-11,13H,12H2,1-3H3,(H,24,29). The van der Waals surface area contributed by atoms with E-state index in [2.05, 4.69) is 5.32 Å². The number of rotatable bonds is 5. The van der Waals surface area contributed by atoms with Crippen LogP contribution in [0.1, 0.15) is 31.0 Å². The van der Waals surface area contributed by atoms with Crippen LogP contribution in [-0.4, -0.2) is 41.2 Å². The number of nitrogens with one attached hydrogen (secondary N) is 1. The van der Waals surface area contributed by atoms with Crippen molar-refractivity contribution in [1.82, 2.24) is 15.1 Å². The predicted molar refractivity (Wildman–Crippen MR) is 107 cm³/mol. The Morgan fingerprint density at radius 3 is 2.52 bits per heavy atom. The van der Waals surface area contributed by atoms with Gasteiger partial charge in [0.1, 0.15) is 17.9 Å². The van der Waals surface area contributed by atoms with Gasteiger partial charge in [0.15, 0.2) is 0 Å². The molecule has 1 fully saturated rings. The Bertz CT molecular complexity index is 969. The smallest absolute Gasteiger partial charge is 0.325 e. The Labute approximate surface area is 173 Å². The lowest BCUT2D eigenvalue weighted by molar-refractivity contribution is -0.139. The van der Waals surface area contributed by atoms with Crippen molar-refractivity contribution in [2.75, 3.05) is 13.6 Å². The summed E-state index contributed by atoms with van der Waals surface area (Å²) in [4.78, 5) is 40.5. The lowest BCUT2D eigenvalue weighted by Gasteiger charge is -2.27. The topological polar surface area (TPSA) is 69.7 Å². The van der Waals surface area contributed by atoms with Crippen LogP contribution in [0, 0.1) is 5.82 Å². The van der Waals surface area contributed by atoms with E-state index < -0.39 is 29.8 Å². The molecule has 0 spiro atoms. The largest absolute Gasteiger partial charge is 0.337 e. The molecular weight excluding hydrogens is 397 g/mol. The summed E-state index contributed by atoms with van der Waals surface area (Å²) in [6.45, 7) is 2.93. The molecular formula is C21H21ClFN3O3. The van der Waals surface area contributed by atoms with Gasteiger partial charge in [0.25, 0.3) is 5.91 Å². The summed E-state index contributed by atoms with van der Waals surface area (Å²) in [5.74, 6) is -1.56. The van der Waals surface area contributed by atoms with Crippen LogP contribution >= 0.6 is 11.6 Å². The Morgan fingerprint density at radius 1 is 1.24 bits per heavy atom. The number of urea groups is 1. The molecule has 0 saturated carbocycles. The summed E-state index contributed by atoms with van der Waals surface area (Å²) >= 11 is 6.09. The second-order valence-corrected chi connectivity index (χ2v) is 7.57. The maximum Gasteiger partial charge on any atom is 0.325 e. The highest BCUT2D eigenvalue weighted by Crippen LogP contribution is 2.34. The van der Waals surface area contributed by atoms with Gasteiger partial charge in [-0.05, 0) is 31.5 Å². The average Bonchev–Trinajstić information content (AvgIpc) is 2.91. The van der Waals surface area contributed by atoms with E-state index in [0.717, 1.165) is 22.6 Å². The van der Waals surface area contributed by atoms with Crippen molar-refractivity contribution in [2.45, 2.75) is 25.4 Å². The van der Waals surface area contributed by atoms with E-state index >= 15 is 0 Å². The molecule has 6 nitrogen and oxygen atoms in total. The van der Waals surface area contributed by atoms with E-state index in [1.807, 2.05) is 37.3 Å². The zero-order chi connectivity index (χ0) is 21.3. The molecule has 8 heteroatoms. The summed E-state index contributed by atoms with van der Waals surface area (Å²) in [6, 6.07) is 12.1. The van der Waals surface area contributed by atoms with Gasteiger partial charge in [0.05, 0.1) is 6.04 Å². The van der Waals surface area contributed by atoms with Gasteiger partial charge in [0.2, 0.25) is 5.91 Å². The zero-order valence-electron chi connectivity index (χ0n) is 16.3. The van der Waals surface area contributed by atoms with Gasteiger partial charge in [-0.25, -0.2) is 9.18 Å². The summed E-state index contributed by atoms with van der Waals surface area (Å²) in [6.07, 6.45) is 0. The molecule has 1 aliphatic rings. The van der Waals surface area contributed by atoms with Crippen molar-refractivity contribution < 1.29 is 18.8 Å². The Morgan fingerprint density at radius 2 is 1.90 bits per heavy atom. The van der Waals surface area contributed by atoms with E-state index in [-0.39, 0.29) is 22.5 Å². The van der Waals surface area contributed by atoms with Crippen molar-refractivity contribution in [3.63, 3.8) is 0 Å². The quantitative estimate of drug-likeness (QED) is 0.757. The Balaban J connectivity index is 1.78. The lowest BCUT2D eigenvalue weighted by atomic mass is 9.92. The predicted octanol–water partition coefficient (Wildman–Crippen LogP) is 3.47. The molecule has 2 unspecified atom stereocenters. The molecule has 1 saturated heterocycles. The van der Waals surface area contributed by atoms with Crippen molar-refractivity contribution in [3.8, 4) is 0 Å². The summed E-state index contributed by atoms with van der Waals surface area (Å²) in [5.41, 5.74) is -0.283. The zero-order valence-corrected chi connectivity index (χ0v) is 17.0. The first-order valence-corrected chi connectivity index (χ1v) is 9.43. The SMILES string of the molecule is CC(c1ccccc1)N(C)C(=O)CN1C(=O)NC(C)(c2ccc(F)cc2Cl)C1=O. The summed E-state index contributed by atoms with van der Waals surface area (Å²) in [7, 11) is 1.62. The summed E-state index contributed by atoms with van der Waals surface area (Å²) in [5, 5.41) is 2.59. The number of nitrogens with zero attached hydrogens (tertiary/aromatic N) is 2. The highest BCUT2D eigenvalue weighted by atomic mass is 35.5. The molecule has 0 aromatic heterocycles. The highest BCUT2D eigenvalue weighted by Gasteiger charge is 2.50. The van der Waals surface area contributed by atoms with Crippen LogP contribution in [0.3, 0.4) is 0 Å². The van der Waals surface area contributed by atoms with Gasteiger partial charge in [-0.15, -0.1) is 0 Å². The molecule has 0 aliphatic carbocycles. The molecule has 0 bridgehead atoms. The number of benzene rings is 2. The van der Waals surface area contributed by atoms with E-state index in [0.29, 0.717) is 0 Å². The molecule has 1 aliphatic heterocycles. The van der Waals surface area contributed by atoms with E-state index in [4.69, 9.17) is 11.6 Å². The van der Waals surface area contributed by atoms with Gasteiger partial charge in [-0.1, -0.05) is 48.0 Å². The minimum Gasteiger partial charge on any atom is -0.337 e. The fraction of sp³-hybridized carbons (Fsp3) is 0.286. The number of carbonyl (C=O) groups excluding carboxylic acids is 3. The van der Waals surface area contributed by atoms with Gasteiger partial charge in [-0.3, -0.25) is 14.5 Å². The van der Waals surface area contributed by atoms with Crippen LogP contribution in [0.15, 0.2) is 48.5 Å². The number of hydrogen-bond donors (Lipinski definition) is 1. The van der Waals surface area contributed by atoms with Crippen molar-refractivity contribution >= 4 is 29.4 Å². The van der Waals surface area contributed by atoms with Crippen LogP contribution < -0.4 is 5.32 Å². The molecule has 1 heterocycles. The average molecular weight is 418 g/mol. The molecule has 0 radical (unpaired) electrons. The van der Waals surface area contributed by atoms with Crippen molar-refractivity contribution in [3.05, 3.63) is 70.5 Å². The fourth-order valence-electron chi connectivity index (χ4n) is 3.34. The first-order valence-electron chi connectivity index (χ1n) is 9.05. The Hall–Kier alpha value is -2.93. The van der Waals surface area contributed by atoms with E-state index in [1.54, 1.807) is 7.05 Å². The van der Waals surface area contributed by atoms with Gasteiger partial charge in [0, 0.05) is 17.6 Å². The third-order valence-corrected chi connectivity index (χ3v) is 5.61. The van der Waals surface area contributed by atoms with Crippen molar-refractivity contribution in [1.29, 1.82) is 0 Å². The maximum absolute atomic E-state index is 13.4. The van der Waals surface area contributed by atoms with Gasteiger partial charge in [-0.2, -0.15) is 0 Å². The first-order chi connectivity index (χ1) is 13.6. The number of hydrogen-bond acceptors (Lipinski definition) is 3. The first kappa shape index (κ1) is 20.8. The van der Waals surface area contributed by atoms with Crippen LogP contribution in [0.5, 0.6) is 0 Å². The van der Waals surface area contributed by atoms with Crippen LogP contribution in [0.2, 0.25) is 5.02 Å². The third kappa shape index (κ3) is 3.82. The number of likely N-dealkylation sites (N-methyl/N-ethyl adjacent to an activating group) is 1. The molecule has 1 N–H and O–H groups in total. The van der Waals surface area contributed by atoms with Crippen molar-refractivity contribution in [2.24, 2.45) is 0 Å². The molecule has 2 aromatic rings. The third-order valence-electron chi connectivity index (χ3n) is 5.29. The normalized spacial score (nSPS) is 19.8. The van der Waals surface area contributed by atoms with Crippen LogP contribution in [0.25, 0.3) is 0 Å². The van der Waals surface area contributed by atoms with Gasteiger partial charge < -0.3 is 10.2 Å². The molecule has 2 aromatic carbocycles. The number of imide groups is 1. The number of carbonyl (C=O) groups is 3. The minimum atomic E-state index is -1.48. The monoisotopic (exact) mass is 417 g/mol. The molecule has 2 atom stereocenters. The minimum absolute atomic E-state index is 0.0177. The summed E-state index contributed by atoms with van der Waals surface area (Å²) < 4.78 is 13.4. The molecule has 152 valence electrons. The van der Waals surface area contributed by atoms with Gasteiger partial charge >= 0.3 is 6.03 Å². The Kier molecular flexibility index (Phi) is 5.61. The number of halogens is 2. The lowest BCUT2D eigenvalue weighted by Crippen LogP contribution is -2.44. The second-order valence-electron chi connectivity index (χ2n) is 7.16. The van der Waals surface area contributed by atoms with Crippen LogP contribution in [0.4, 0.5) is 9.18 Å². The molecule has 3 rings (SSSR count). The maximum atomic E-state index is 13.4. The van der Waals surface area contributed by atoms with E-state index in [9.17, 15) is 18.8 Å².